The first kappa shape index (κ1) is 45.7. The van der Waals surface area contributed by atoms with Crippen LogP contribution in [-0.2, 0) is 32.7 Å². The molecule has 0 saturated carbocycles. The molecule has 274 valence electrons. The molecule has 2 atom stereocenters. The number of carbonyl (C=O) groups is 2. The molecule has 0 aliphatic rings. The summed E-state index contributed by atoms with van der Waals surface area (Å²) < 4.78 is 31.7. The Morgan fingerprint density at radius 3 is 1.41 bits per heavy atom. The van der Waals surface area contributed by atoms with Crippen LogP contribution in [0, 0.1) is 0 Å². The summed E-state index contributed by atoms with van der Waals surface area (Å²) >= 11 is 0. The van der Waals surface area contributed by atoms with Crippen molar-refractivity contribution in [2.24, 2.45) is 0 Å². The van der Waals surface area contributed by atoms with E-state index in [9.17, 15) is 19.0 Å². The summed E-state index contributed by atoms with van der Waals surface area (Å²) in [6.07, 6.45) is 47.4. The van der Waals surface area contributed by atoms with E-state index in [0.29, 0.717) is 19.3 Å². The number of carbonyl (C=O) groups excluding carboxylic acids is 2. The molecule has 0 rings (SSSR count). The molecular formula is C40H61O8P. The van der Waals surface area contributed by atoms with E-state index < -0.39 is 32.5 Å². The van der Waals surface area contributed by atoms with Gasteiger partial charge in [0.25, 0.3) is 0 Å². The van der Waals surface area contributed by atoms with Gasteiger partial charge >= 0.3 is 19.8 Å². The highest BCUT2D eigenvalue weighted by atomic mass is 31.2. The summed E-state index contributed by atoms with van der Waals surface area (Å²) in [5.41, 5.74) is 0. The van der Waals surface area contributed by atoms with Crippen molar-refractivity contribution < 1.29 is 37.6 Å². The van der Waals surface area contributed by atoms with Gasteiger partial charge in [-0.15, -0.1) is 0 Å². The molecule has 0 fully saturated rings. The molecule has 0 amide bonds. The second kappa shape index (κ2) is 34.6. The number of ether oxygens (including phenoxy) is 2. The van der Waals surface area contributed by atoms with Crippen LogP contribution in [0.3, 0.4) is 0 Å². The Morgan fingerprint density at radius 2 is 0.980 bits per heavy atom. The molecule has 9 heteroatoms. The molecule has 0 radical (unpaired) electrons. The van der Waals surface area contributed by atoms with Gasteiger partial charge in [0.05, 0.1) is 6.61 Å². The van der Waals surface area contributed by atoms with E-state index in [2.05, 4.69) is 110 Å². The Balaban J connectivity index is 4.34. The largest absolute Gasteiger partial charge is 0.472 e. The fourth-order valence-corrected chi connectivity index (χ4v) is 4.34. The molecule has 0 aromatic rings. The average Bonchev–Trinajstić information content (AvgIpc) is 3.09. The molecule has 0 aromatic heterocycles. The van der Waals surface area contributed by atoms with Gasteiger partial charge in [0.15, 0.2) is 6.10 Å². The minimum Gasteiger partial charge on any atom is -0.462 e. The standard InChI is InChI=1S/C40H61O8P/c1-4-6-8-10-12-14-16-18-19-20-21-23-25-27-29-31-33-35-40(42)48-38(37-47-49(43,44)45-3)36-46-39(41)34-32-30-28-26-24-22-17-15-13-11-9-7-5-2/h6-9,12-15,18-19,21-24,27-30,38H,4-5,10-11,16-17,20,25-26,31-37H2,1-3H3,(H,43,44)/b8-6-,9-7-,14-12-,15-13-,19-18-,23-21-,24-22-,29-27-,30-28-. The fraction of sp³-hybridized carbons (Fsp3) is 0.500. The summed E-state index contributed by atoms with van der Waals surface area (Å²) in [6.45, 7) is 3.50. The Labute approximate surface area is 296 Å². The third-order valence-electron chi connectivity index (χ3n) is 6.53. The number of esters is 2. The zero-order valence-corrected chi connectivity index (χ0v) is 30.9. The Morgan fingerprint density at radius 1 is 0.571 bits per heavy atom. The molecule has 49 heavy (non-hydrogen) atoms. The van der Waals surface area contributed by atoms with Crippen molar-refractivity contribution in [3.05, 3.63) is 109 Å². The summed E-state index contributed by atoms with van der Waals surface area (Å²) in [5, 5.41) is 0. The van der Waals surface area contributed by atoms with Crippen LogP contribution in [0.2, 0.25) is 0 Å². The van der Waals surface area contributed by atoms with Gasteiger partial charge in [-0.25, -0.2) is 4.57 Å². The number of hydrogen-bond donors (Lipinski definition) is 1. The molecule has 0 aliphatic carbocycles. The maximum Gasteiger partial charge on any atom is 0.472 e. The Hall–Kier alpha value is -3.29. The van der Waals surface area contributed by atoms with Crippen molar-refractivity contribution in [2.45, 2.75) is 110 Å². The van der Waals surface area contributed by atoms with Crippen LogP contribution in [0.25, 0.3) is 0 Å². The van der Waals surface area contributed by atoms with Gasteiger partial charge in [0.2, 0.25) is 0 Å². The normalized spacial score (nSPS) is 14.8. The van der Waals surface area contributed by atoms with Crippen molar-refractivity contribution in [2.75, 3.05) is 20.3 Å². The molecule has 0 aliphatic heterocycles. The highest BCUT2D eigenvalue weighted by Crippen LogP contribution is 2.42. The van der Waals surface area contributed by atoms with Gasteiger partial charge in [-0.1, -0.05) is 123 Å². The summed E-state index contributed by atoms with van der Waals surface area (Å²) in [7, 11) is -3.26. The van der Waals surface area contributed by atoms with Gasteiger partial charge in [-0.3, -0.25) is 18.6 Å². The number of phosphoric ester groups is 1. The van der Waals surface area contributed by atoms with Gasteiger partial charge in [0, 0.05) is 20.0 Å². The quantitative estimate of drug-likeness (QED) is 0.0341. The van der Waals surface area contributed by atoms with Crippen LogP contribution in [0.5, 0.6) is 0 Å². The van der Waals surface area contributed by atoms with Gasteiger partial charge in [-0.05, 0) is 77.0 Å². The van der Waals surface area contributed by atoms with Gasteiger partial charge in [-0.2, -0.15) is 0 Å². The van der Waals surface area contributed by atoms with Crippen molar-refractivity contribution in [1.82, 2.24) is 0 Å². The molecule has 0 saturated heterocycles. The van der Waals surface area contributed by atoms with Crippen molar-refractivity contribution >= 4 is 19.8 Å². The summed E-state index contributed by atoms with van der Waals surface area (Å²) in [4.78, 5) is 34.2. The molecule has 0 heterocycles. The fourth-order valence-electron chi connectivity index (χ4n) is 3.88. The third kappa shape index (κ3) is 34.4. The molecule has 0 bridgehead atoms. The van der Waals surface area contributed by atoms with Crippen LogP contribution in [-0.4, -0.2) is 43.3 Å². The van der Waals surface area contributed by atoms with E-state index in [1.165, 1.54) is 0 Å². The first-order chi connectivity index (χ1) is 23.8. The average molecular weight is 701 g/mol. The lowest BCUT2D eigenvalue weighted by molar-refractivity contribution is -0.161. The monoisotopic (exact) mass is 700 g/mol. The number of hydrogen-bond acceptors (Lipinski definition) is 7. The van der Waals surface area contributed by atoms with Crippen LogP contribution < -0.4 is 0 Å². The Bertz CT molecular complexity index is 1160. The molecule has 8 nitrogen and oxygen atoms in total. The maximum atomic E-state index is 12.4. The second-order valence-electron chi connectivity index (χ2n) is 10.9. The lowest BCUT2D eigenvalue weighted by atomic mass is 10.2. The first-order valence-corrected chi connectivity index (χ1v) is 19.1. The second-order valence-corrected chi connectivity index (χ2v) is 12.4. The molecule has 0 spiro atoms. The highest BCUT2D eigenvalue weighted by Gasteiger charge is 2.24. The Kier molecular flexibility index (Phi) is 32.2. The van der Waals surface area contributed by atoms with Crippen LogP contribution >= 0.6 is 7.82 Å². The van der Waals surface area contributed by atoms with Crippen LogP contribution in [0.4, 0.5) is 0 Å². The highest BCUT2D eigenvalue weighted by molar-refractivity contribution is 7.47. The SMILES string of the molecule is CC/C=C\C/C=C\C/C=C\C/C=C\C/C=C\CCCC(=O)OC(COC(=O)CC/C=C\C/C=C\C/C=C\C/C=C\CC)COP(=O)(O)OC. The topological polar surface area (TPSA) is 108 Å². The van der Waals surface area contributed by atoms with Crippen molar-refractivity contribution in [1.29, 1.82) is 0 Å². The molecule has 2 unspecified atom stereocenters. The summed E-state index contributed by atoms with van der Waals surface area (Å²) in [5.74, 6) is -0.984. The van der Waals surface area contributed by atoms with Crippen LogP contribution in [0.1, 0.15) is 104 Å². The zero-order chi connectivity index (χ0) is 36.1. The van der Waals surface area contributed by atoms with Gasteiger partial charge in [0.1, 0.15) is 6.61 Å². The van der Waals surface area contributed by atoms with Crippen molar-refractivity contribution in [3.8, 4) is 0 Å². The predicted octanol–water partition coefficient (Wildman–Crippen LogP) is 10.7. The smallest absolute Gasteiger partial charge is 0.462 e. The van der Waals surface area contributed by atoms with E-state index in [0.717, 1.165) is 64.9 Å². The van der Waals surface area contributed by atoms with E-state index >= 15 is 0 Å². The molecule has 0 aromatic carbocycles. The zero-order valence-electron chi connectivity index (χ0n) is 30.0. The number of unbranched alkanes of at least 4 members (excludes halogenated alkanes) is 1. The first-order valence-electron chi connectivity index (χ1n) is 17.6. The van der Waals surface area contributed by atoms with Crippen molar-refractivity contribution in [3.63, 3.8) is 0 Å². The van der Waals surface area contributed by atoms with E-state index in [1.54, 1.807) is 0 Å². The van der Waals surface area contributed by atoms with E-state index in [-0.39, 0.29) is 19.4 Å². The van der Waals surface area contributed by atoms with E-state index in [4.69, 9.17) is 14.0 Å². The number of rotatable bonds is 30. The predicted molar refractivity (Wildman–Crippen MR) is 202 cm³/mol. The minimum atomic E-state index is -4.29. The number of allylic oxidation sites excluding steroid dienone is 18. The van der Waals surface area contributed by atoms with E-state index in [1.807, 2.05) is 18.2 Å². The van der Waals surface area contributed by atoms with Gasteiger partial charge < -0.3 is 14.4 Å². The molecule has 1 N–H and O–H groups in total. The lowest BCUT2D eigenvalue weighted by Crippen LogP contribution is -2.29. The minimum absolute atomic E-state index is 0.144. The third-order valence-corrected chi connectivity index (χ3v) is 7.46. The lowest BCUT2D eigenvalue weighted by Gasteiger charge is -2.19. The number of phosphoric acid groups is 1. The van der Waals surface area contributed by atoms with Crippen LogP contribution in [0.15, 0.2) is 109 Å². The maximum absolute atomic E-state index is 12.4. The molecular weight excluding hydrogens is 639 g/mol. The summed E-state index contributed by atoms with van der Waals surface area (Å²) in [6, 6.07) is 0.